The summed E-state index contributed by atoms with van der Waals surface area (Å²) < 4.78 is 0. The Hall–Kier alpha value is -0.820. The topological polar surface area (TPSA) is 20.2 Å². The highest BCUT2D eigenvalue weighted by molar-refractivity contribution is 5.26. The minimum Gasteiger partial charge on any atom is -0.385 e. The number of benzene rings is 1. The summed E-state index contributed by atoms with van der Waals surface area (Å²) in [5, 5.41) is 10.4. The number of hydrogen-bond acceptors (Lipinski definition) is 1. The molecule has 0 fully saturated rings. The summed E-state index contributed by atoms with van der Waals surface area (Å²) in [4.78, 5) is 0. The van der Waals surface area contributed by atoms with Gasteiger partial charge in [0.05, 0.1) is 5.60 Å². The Morgan fingerprint density at radius 1 is 1.33 bits per heavy atom. The van der Waals surface area contributed by atoms with Crippen molar-refractivity contribution in [3.8, 4) is 0 Å². The summed E-state index contributed by atoms with van der Waals surface area (Å²) in [6, 6.07) is 8.14. The van der Waals surface area contributed by atoms with Gasteiger partial charge in [-0.15, -0.1) is 0 Å². The molecule has 0 aromatic heterocycles. The standard InChI is InChI=1S/C14H22O/c1-11(2)8-9-14(4,15)13-7-5-6-12(3)10-13/h5-7,10-11,15H,8-9H2,1-4H3. The van der Waals surface area contributed by atoms with Gasteiger partial charge in [-0.25, -0.2) is 0 Å². The molecule has 0 spiro atoms. The third kappa shape index (κ3) is 3.67. The fourth-order valence-corrected chi connectivity index (χ4v) is 1.69. The fraction of sp³-hybridized carbons (Fsp3) is 0.571. The van der Waals surface area contributed by atoms with Crippen LogP contribution in [0.2, 0.25) is 0 Å². The molecular formula is C14H22O. The fourth-order valence-electron chi connectivity index (χ4n) is 1.69. The van der Waals surface area contributed by atoms with Gasteiger partial charge >= 0.3 is 0 Å². The Bertz CT molecular complexity index is 313. The minimum atomic E-state index is -0.684. The zero-order valence-corrected chi connectivity index (χ0v) is 10.2. The average molecular weight is 206 g/mol. The lowest BCUT2D eigenvalue weighted by molar-refractivity contribution is 0.0420. The molecule has 0 aliphatic heterocycles. The van der Waals surface area contributed by atoms with Crippen LogP contribution in [0, 0.1) is 12.8 Å². The van der Waals surface area contributed by atoms with E-state index in [1.54, 1.807) is 0 Å². The minimum absolute atomic E-state index is 0.640. The molecule has 0 saturated heterocycles. The van der Waals surface area contributed by atoms with Gasteiger partial charge in [0.25, 0.3) is 0 Å². The highest BCUT2D eigenvalue weighted by Crippen LogP contribution is 2.27. The smallest absolute Gasteiger partial charge is 0.0868 e. The van der Waals surface area contributed by atoms with Crippen molar-refractivity contribution in [2.24, 2.45) is 5.92 Å². The van der Waals surface area contributed by atoms with E-state index in [1.807, 2.05) is 19.1 Å². The summed E-state index contributed by atoms with van der Waals surface area (Å²) in [5.41, 5.74) is 1.55. The molecule has 0 amide bonds. The zero-order valence-electron chi connectivity index (χ0n) is 10.2. The van der Waals surface area contributed by atoms with Crippen LogP contribution in [0.3, 0.4) is 0 Å². The molecule has 1 aromatic rings. The normalized spacial score (nSPS) is 15.3. The maximum absolute atomic E-state index is 10.4. The molecule has 1 heteroatoms. The maximum Gasteiger partial charge on any atom is 0.0868 e. The van der Waals surface area contributed by atoms with Gasteiger partial charge in [-0.1, -0.05) is 43.7 Å². The summed E-state index contributed by atoms with van der Waals surface area (Å²) >= 11 is 0. The number of rotatable bonds is 4. The molecule has 0 heterocycles. The molecule has 1 nitrogen and oxygen atoms in total. The van der Waals surface area contributed by atoms with Crippen LogP contribution in [0.15, 0.2) is 24.3 Å². The van der Waals surface area contributed by atoms with Crippen LogP contribution in [0.4, 0.5) is 0 Å². The Kier molecular flexibility index (Phi) is 3.92. The van der Waals surface area contributed by atoms with Crippen molar-refractivity contribution in [1.29, 1.82) is 0 Å². The summed E-state index contributed by atoms with van der Waals surface area (Å²) in [6.45, 7) is 8.34. The molecule has 1 atom stereocenters. The second-order valence-corrected chi connectivity index (χ2v) is 5.08. The Morgan fingerprint density at radius 2 is 2.00 bits per heavy atom. The van der Waals surface area contributed by atoms with E-state index in [0.29, 0.717) is 5.92 Å². The molecule has 15 heavy (non-hydrogen) atoms. The van der Waals surface area contributed by atoms with Crippen molar-refractivity contribution < 1.29 is 5.11 Å². The van der Waals surface area contributed by atoms with Gasteiger partial charge in [0.2, 0.25) is 0 Å². The quantitative estimate of drug-likeness (QED) is 0.797. The molecule has 1 N–H and O–H groups in total. The second kappa shape index (κ2) is 4.80. The van der Waals surface area contributed by atoms with E-state index in [2.05, 4.69) is 32.9 Å². The number of aryl methyl sites for hydroxylation is 1. The van der Waals surface area contributed by atoms with E-state index >= 15 is 0 Å². The molecule has 0 aliphatic carbocycles. The molecule has 1 aromatic carbocycles. The van der Waals surface area contributed by atoms with Crippen LogP contribution < -0.4 is 0 Å². The maximum atomic E-state index is 10.4. The molecular weight excluding hydrogens is 184 g/mol. The average Bonchev–Trinajstić information content (AvgIpc) is 2.15. The van der Waals surface area contributed by atoms with Crippen molar-refractivity contribution in [3.63, 3.8) is 0 Å². The lowest BCUT2D eigenvalue weighted by Gasteiger charge is -2.25. The molecule has 0 saturated carbocycles. The first-order valence-electron chi connectivity index (χ1n) is 5.71. The molecule has 1 rings (SSSR count). The zero-order chi connectivity index (χ0) is 11.5. The van der Waals surface area contributed by atoms with Gasteiger partial charge in [0, 0.05) is 0 Å². The van der Waals surface area contributed by atoms with Crippen LogP contribution in [-0.4, -0.2) is 5.11 Å². The second-order valence-electron chi connectivity index (χ2n) is 5.08. The highest BCUT2D eigenvalue weighted by Gasteiger charge is 2.22. The molecule has 0 radical (unpaired) electrons. The number of aliphatic hydroxyl groups is 1. The Morgan fingerprint density at radius 3 is 2.53 bits per heavy atom. The Labute approximate surface area is 93.1 Å². The van der Waals surface area contributed by atoms with E-state index in [4.69, 9.17) is 0 Å². The van der Waals surface area contributed by atoms with E-state index in [0.717, 1.165) is 18.4 Å². The first-order chi connectivity index (χ1) is 6.92. The van der Waals surface area contributed by atoms with Crippen molar-refractivity contribution >= 4 is 0 Å². The highest BCUT2D eigenvalue weighted by atomic mass is 16.3. The van der Waals surface area contributed by atoms with Crippen LogP contribution >= 0.6 is 0 Å². The molecule has 84 valence electrons. The van der Waals surface area contributed by atoms with Crippen molar-refractivity contribution in [1.82, 2.24) is 0 Å². The van der Waals surface area contributed by atoms with E-state index in [1.165, 1.54) is 5.56 Å². The number of hydrogen-bond donors (Lipinski definition) is 1. The van der Waals surface area contributed by atoms with E-state index in [-0.39, 0.29) is 0 Å². The summed E-state index contributed by atoms with van der Waals surface area (Å²) in [7, 11) is 0. The van der Waals surface area contributed by atoms with Crippen molar-refractivity contribution in [2.75, 3.05) is 0 Å². The van der Waals surface area contributed by atoms with Crippen LogP contribution in [0.1, 0.15) is 44.7 Å². The largest absolute Gasteiger partial charge is 0.385 e. The van der Waals surface area contributed by atoms with Gasteiger partial charge in [0.15, 0.2) is 0 Å². The van der Waals surface area contributed by atoms with Crippen LogP contribution in [0.25, 0.3) is 0 Å². The lowest BCUT2D eigenvalue weighted by atomic mass is 9.88. The third-order valence-corrected chi connectivity index (χ3v) is 2.85. The van der Waals surface area contributed by atoms with Crippen LogP contribution in [0.5, 0.6) is 0 Å². The monoisotopic (exact) mass is 206 g/mol. The van der Waals surface area contributed by atoms with Gasteiger partial charge in [-0.3, -0.25) is 0 Å². The lowest BCUT2D eigenvalue weighted by Crippen LogP contribution is -2.21. The first-order valence-corrected chi connectivity index (χ1v) is 5.71. The third-order valence-electron chi connectivity index (χ3n) is 2.85. The molecule has 1 unspecified atom stereocenters. The summed E-state index contributed by atoms with van der Waals surface area (Å²) in [5.74, 6) is 0.640. The van der Waals surface area contributed by atoms with Crippen LogP contribution in [-0.2, 0) is 5.60 Å². The Balaban J connectivity index is 2.76. The summed E-state index contributed by atoms with van der Waals surface area (Å²) in [6.07, 6.45) is 1.88. The van der Waals surface area contributed by atoms with Crippen molar-refractivity contribution in [3.05, 3.63) is 35.4 Å². The predicted molar refractivity (Wildman–Crippen MR) is 64.8 cm³/mol. The van der Waals surface area contributed by atoms with E-state index in [9.17, 15) is 5.11 Å². The molecule has 0 bridgehead atoms. The SMILES string of the molecule is Cc1cccc(C(C)(O)CCC(C)C)c1. The van der Waals surface area contributed by atoms with Gasteiger partial charge in [-0.2, -0.15) is 0 Å². The van der Waals surface area contributed by atoms with E-state index < -0.39 is 5.60 Å². The van der Waals surface area contributed by atoms with Crippen molar-refractivity contribution in [2.45, 2.75) is 46.1 Å². The van der Waals surface area contributed by atoms with Gasteiger partial charge in [-0.05, 0) is 38.2 Å². The first kappa shape index (κ1) is 12.3. The van der Waals surface area contributed by atoms with Gasteiger partial charge in [0.1, 0.15) is 0 Å². The van der Waals surface area contributed by atoms with Gasteiger partial charge < -0.3 is 5.11 Å². The molecule has 0 aliphatic rings. The predicted octanol–water partition coefficient (Wildman–Crippen LogP) is 3.64.